The lowest BCUT2D eigenvalue weighted by Gasteiger charge is -2.44. The second-order valence-electron chi connectivity index (χ2n) is 6.29. The minimum atomic E-state index is -1.31. The van der Waals surface area contributed by atoms with Gasteiger partial charge in [0.2, 0.25) is 0 Å². The maximum absolute atomic E-state index is 12.1. The van der Waals surface area contributed by atoms with Crippen LogP contribution in [0.15, 0.2) is 11.1 Å². The van der Waals surface area contributed by atoms with Crippen molar-refractivity contribution in [2.75, 3.05) is 0 Å². The number of hydrogen-bond donors (Lipinski definition) is 2. The van der Waals surface area contributed by atoms with Crippen LogP contribution in [0.25, 0.3) is 0 Å². The zero-order chi connectivity index (χ0) is 15.6. The van der Waals surface area contributed by atoms with E-state index in [1.807, 2.05) is 20.8 Å². The van der Waals surface area contributed by atoms with Gasteiger partial charge in [0.25, 0.3) is 0 Å². The van der Waals surface area contributed by atoms with Crippen molar-refractivity contribution in [1.82, 2.24) is 0 Å². The van der Waals surface area contributed by atoms with Crippen LogP contribution in [0, 0.1) is 10.8 Å². The van der Waals surface area contributed by atoms with Crippen LogP contribution in [0.3, 0.4) is 0 Å². The number of carboxylic acid groups (broad SMARTS) is 2. The first kappa shape index (κ1) is 16.7. The number of allylic oxidation sites excluding steroid dienone is 1. The van der Waals surface area contributed by atoms with Crippen LogP contribution in [-0.4, -0.2) is 22.2 Å². The minimum Gasteiger partial charge on any atom is -0.481 e. The van der Waals surface area contributed by atoms with Gasteiger partial charge in [-0.05, 0) is 43.9 Å². The van der Waals surface area contributed by atoms with Gasteiger partial charge < -0.3 is 10.2 Å². The lowest BCUT2D eigenvalue weighted by molar-refractivity contribution is -0.157. The van der Waals surface area contributed by atoms with Gasteiger partial charge >= 0.3 is 11.9 Å². The van der Waals surface area contributed by atoms with E-state index >= 15 is 0 Å². The fourth-order valence-electron chi connectivity index (χ4n) is 3.53. The molecule has 1 fully saturated rings. The first-order chi connectivity index (χ1) is 9.24. The van der Waals surface area contributed by atoms with E-state index in [0.29, 0.717) is 12.8 Å². The molecule has 0 aromatic heterocycles. The molecule has 114 valence electrons. The molecule has 20 heavy (non-hydrogen) atoms. The van der Waals surface area contributed by atoms with Gasteiger partial charge in [-0.2, -0.15) is 0 Å². The van der Waals surface area contributed by atoms with Crippen molar-refractivity contribution in [3.05, 3.63) is 11.1 Å². The fraction of sp³-hybridized carbons (Fsp3) is 0.750. The van der Waals surface area contributed by atoms with Crippen molar-refractivity contribution >= 4 is 11.9 Å². The van der Waals surface area contributed by atoms with E-state index in [9.17, 15) is 19.8 Å². The van der Waals surface area contributed by atoms with E-state index in [4.69, 9.17) is 0 Å². The number of carbonyl (C=O) groups is 2. The molecule has 0 spiro atoms. The monoisotopic (exact) mass is 282 g/mol. The minimum absolute atomic E-state index is 0.150. The first-order valence-corrected chi connectivity index (χ1v) is 7.43. The Morgan fingerprint density at radius 3 is 1.85 bits per heavy atom. The summed E-state index contributed by atoms with van der Waals surface area (Å²) in [6.07, 6.45) is 4.27. The molecule has 0 amide bonds. The van der Waals surface area contributed by atoms with E-state index in [1.165, 1.54) is 0 Å². The Labute approximate surface area is 120 Å². The SMILES string of the molecule is CCC(C)(C)C(CC)(C(=O)O)C(C(=O)O)=C1CCCC1. The molecule has 1 aliphatic carbocycles. The number of hydrogen-bond acceptors (Lipinski definition) is 2. The maximum Gasteiger partial charge on any atom is 0.332 e. The first-order valence-electron chi connectivity index (χ1n) is 7.43. The number of aliphatic carboxylic acids is 2. The Morgan fingerprint density at radius 1 is 1.05 bits per heavy atom. The molecule has 4 nitrogen and oxygen atoms in total. The molecule has 0 saturated heterocycles. The van der Waals surface area contributed by atoms with Crippen LogP contribution in [0.2, 0.25) is 0 Å². The Morgan fingerprint density at radius 2 is 1.55 bits per heavy atom. The Bertz CT molecular complexity index is 426. The second-order valence-corrected chi connectivity index (χ2v) is 6.29. The van der Waals surface area contributed by atoms with Gasteiger partial charge in [-0.1, -0.05) is 33.3 Å². The molecule has 0 bridgehead atoms. The normalized spacial score (nSPS) is 18.7. The maximum atomic E-state index is 12.1. The van der Waals surface area contributed by atoms with Gasteiger partial charge in [-0.15, -0.1) is 0 Å². The molecular weight excluding hydrogens is 256 g/mol. The zero-order valence-corrected chi connectivity index (χ0v) is 13.0. The Hall–Kier alpha value is -1.32. The van der Waals surface area contributed by atoms with Gasteiger partial charge in [-0.3, -0.25) is 4.79 Å². The predicted octanol–water partition coefficient (Wildman–Crippen LogP) is 3.86. The Kier molecular flexibility index (Phi) is 5.00. The highest BCUT2D eigenvalue weighted by atomic mass is 16.4. The molecule has 1 unspecified atom stereocenters. The molecule has 0 heterocycles. The van der Waals surface area contributed by atoms with E-state index in [0.717, 1.165) is 31.3 Å². The third kappa shape index (κ3) is 2.48. The van der Waals surface area contributed by atoms with Crippen molar-refractivity contribution in [3.8, 4) is 0 Å². The molecule has 1 rings (SSSR count). The van der Waals surface area contributed by atoms with Crippen molar-refractivity contribution < 1.29 is 19.8 Å². The predicted molar refractivity (Wildman–Crippen MR) is 77.6 cm³/mol. The van der Waals surface area contributed by atoms with Gasteiger partial charge in [0.15, 0.2) is 0 Å². The van der Waals surface area contributed by atoms with Crippen LogP contribution >= 0.6 is 0 Å². The van der Waals surface area contributed by atoms with E-state index in [2.05, 4.69) is 0 Å². The van der Waals surface area contributed by atoms with Crippen molar-refractivity contribution in [2.24, 2.45) is 10.8 Å². The summed E-state index contributed by atoms with van der Waals surface area (Å²) in [6.45, 7) is 7.43. The molecule has 1 saturated carbocycles. The summed E-state index contributed by atoms with van der Waals surface area (Å²) in [5.41, 5.74) is -0.926. The summed E-state index contributed by atoms with van der Waals surface area (Å²) in [6, 6.07) is 0. The average molecular weight is 282 g/mol. The highest BCUT2D eigenvalue weighted by Crippen LogP contribution is 2.52. The summed E-state index contributed by atoms with van der Waals surface area (Å²) in [5, 5.41) is 19.6. The van der Waals surface area contributed by atoms with Crippen molar-refractivity contribution in [1.29, 1.82) is 0 Å². The second kappa shape index (κ2) is 5.98. The van der Waals surface area contributed by atoms with Crippen molar-refractivity contribution in [3.63, 3.8) is 0 Å². The third-order valence-corrected chi connectivity index (χ3v) is 5.14. The van der Waals surface area contributed by atoms with E-state index < -0.39 is 22.8 Å². The van der Waals surface area contributed by atoms with Crippen LogP contribution in [-0.2, 0) is 9.59 Å². The van der Waals surface area contributed by atoms with Gasteiger partial charge in [-0.25, -0.2) is 4.79 Å². The smallest absolute Gasteiger partial charge is 0.332 e. The number of carboxylic acids is 2. The summed E-state index contributed by atoms with van der Waals surface area (Å²) >= 11 is 0. The van der Waals surface area contributed by atoms with Gasteiger partial charge in [0.05, 0.1) is 5.57 Å². The van der Waals surface area contributed by atoms with E-state index in [1.54, 1.807) is 6.92 Å². The fourth-order valence-corrected chi connectivity index (χ4v) is 3.53. The molecule has 0 aromatic carbocycles. The highest BCUT2D eigenvalue weighted by Gasteiger charge is 2.55. The summed E-state index contributed by atoms with van der Waals surface area (Å²) in [4.78, 5) is 23.9. The molecule has 1 aliphatic rings. The average Bonchev–Trinajstić information content (AvgIpc) is 2.87. The van der Waals surface area contributed by atoms with Gasteiger partial charge in [0, 0.05) is 0 Å². The van der Waals surface area contributed by atoms with Crippen LogP contribution in [0.5, 0.6) is 0 Å². The molecule has 1 atom stereocenters. The number of rotatable bonds is 6. The van der Waals surface area contributed by atoms with Crippen LogP contribution in [0.4, 0.5) is 0 Å². The van der Waals surface area contributed by atoms with Gasteiger partial charge in [0.1, 0.15) is 5.41 Å². The third-order valence-electron chi connectivity index (χ3n) is 5.14. The summed E-state index contributed by atoms with van der Waals surface area (Å²) in [5.74, 6) is -2.07. The molecule has 0 aromatic rings. The van der Waals surface area contributed by atoms with Crippen LogP contribution in [0.1, 0.15) is 66.2 Å². The van der Waals surface area contributed by atoms with E-state index in [-0.39, 0.29) is 5.57 Å². The van der Waals surface area contributed by atoms with Crippen molar-refractivity contribution in [2.45, 2.75) is 66.2 Å². The molecule has 4 heteroatoms. The quantitative estimate of drug-likeness (QED) is 0.725. The molecule has 0 aliphatic heterocycles. The molecule has 2 N–H and O–H groups in total. The standard InChI is InChI=1S/C16H26O4/c1-5-15(3,4)16(6-2,14(19)20)12(13(17)18)11-9-7-8-10-11/h5-10H2,1-4H3,(H,17,18)(H,19,20). The largest absolute Gasteiger partial charge is 0.481 e. The molecule has 0 radical (unpaired) electrons. The lowest BCUT2D eigenvalue weighted by Crippen LogP contribution is -2.48. The topological polar surface area (TPSA) is 74.6 Å². The Balaban J connectivity index is 3.61. The summed E-state index contributed by atoms with van der Waals surface area (Å²) < 4.78 is 0. The summed E-state index contributed by atoms with van der Waals surface area (Å²) in [7, 11) is 0. The zero-order valence-electron chi connectivity index (χ0n) is 13.0. The lowest BCUT2D eigenvalue weighted by atomic mass is 9.57. The molecular formula is C16H26O4. The van der Waals surface area contributed by atoms with Crippen LogP contribution < -0.4 is 0 Å². The highest BCUT2D eigenvalue weighted by molar-refractivity contribution is 5.98.